The lowest BCUT2D eigenvalue weighted by Crippen LogP contribution is -2.17. The van der Waals surface area contributed by atoms with E-state index in [-0.39, 0.29) is 13.2 Å². The number of nitrogens with zero attached hydrogens (tertiary/aromatic N) is 6. The molecule has 0 saturated heterocycles. The second kappa shape index (κ2) is 10.3. The fraction of sp³-hybridized carbons (Fsp3) is 0.280. The summed E-state index contributed by atoms with van der Waals surface area (Å²) in [5.41, 5.74) is 3.54. The molecule has 12 heteroatoms. The molecule has 9 nitrogen and oxygen atoms in total. The summed E-state index contributed by atoms with van der Waals surface area (Å²) in [5, 5.41) is 10.7. The van der Waals surface area contributed by atoms with Gasteiger partial charge in [0.25, 0.3) is 0 Å². The van der Waals surface area contributed by atoms with E-state index < -0.39 is 19.2 Å². The topological polar surface area (TPSA) is 96.4 Å². The summed E-state index contributed by atoms with van der Waals surface area (Å²) in [5.74, 6) is -0.850. The highest BCUT2D eigenvalue weighted by molar-refractivity contribution is 7.98. The van der Waals surface area contributed by atoms with Gasteiger partial charge in [0.05, 0.1) is 18.6 Å². The molecule has 0 N–H and O–H groups in total. The average molecular weight is 541 g/mol. The maximum Gasteiger partial charge on any atom is 0.359 e. The van der Waals surface area contributed by atoms with Crippen molar-refractivity contribution in [1.82, 2.24) is 29.4 Å². The van der Waals surface area contributed by atoms with Crippen molar-refractivity contribution in [2.24, 2.45) is 0 Å². The number of thioether (sulfide) groups is 1. The monoisotopic (exact) mass is 540 g/mol. The van der Waals surface area contributed by atoms with E-state index in [0.29, 0.717) is 33.1 Å². The van der Waals surface area contributed by atoms with Gasteiger partial charge in [-0.25, -0.2) is 23.6 Å². The summed E-state index contributed by atoms with van der Waals surface area (Å²) in [7, 11) is -3.81. The fourth-order valence-corrected chi connectivity index (χ4v) is 6.78. The smallest absolute Gasteiger partial charge is 0.307 e. The maximum atomic E-state index is 14.2. The second-order valence-corrected chi connectivity index (χ2v) is 11.1. The molecule has 0 radical (unpaired) electrons. The standard InChI is InChI=1S/C25H26FN6O3PS/c1-5-34-36(33,35-6-2)25(18-11-13-19(26)14-12-18)32-22-20(24(30-32)37-4)23-28-21(29-31(23)15-27-22)17-9-7-16(3)8-10-17/h7-15,25H,5-6H2,1-4H3. The van der Waals surface area contributed by atoms with E-state index in [1.54, 1.807) is 41.5 Å². The van der Waals surface area contributed by atoms with Crippen LogP contribution in [0.4, 0.5) is 4.39 Å². The first-order chi connectivity index (χ1) is 17.9. The maximum absolute atomic E-state index is 14.2. The molecule has 5 rings (SSSR count). The molecule has 192 valence electrons. The third-order valence-electron chi connectivity index (χ3n) is 5.82. The molecule has 37 heavy (non-hydrogen) atoms. The van der Waals surface area contributed by atoms with Crippen LogP contribution in [0.2, 0.25) is 0 Å². The van der Waals surface area contributed by atoms with E-state index in [9.17, 15) is 8.96 Å². The van der Waals surface area contributed by atoms with Crippen LogP contribution in [-0.4, -0.2) is 48.8 Å². The van der Waals surface area contributed by atoms with Crippen molar-refractivity contribution in [3.8, 4) is 11.4 Å². The van der Waals surface area contributed by atoms with Crippen LogP contribution in [0.15, 0.2) is 59.9 Å². The Kier molecular flexibility index (Phi) is 7.13. The van der Waals surface area contributed by atoms with Gasteiger partial charge in [-0.15, -0.1) is 16.9 Å². The minimum Gasteiger partial charge on any atom is -0.307 e. The Morgan fingerprint density at radius 3 is 2.30 bits per heavy atom. The molecule has 0 spiro atoms. The quantitative estimate of drug-likeness (QED) is 0.163. The molecule has 0 bridgehead atoms. The molecule has 0 aliphatic carbocycles. The molecule has 2 aromatic carbocycles. The van der Waals surface area contributed by atoms with Gasteiger partial charge in [0.15, 0.2) is 22.9 Å². The van der Waals surface area contributed by atoms with E-state index in [4.69, 9.17) is 19.1 Å². The Balaban J connectivity index is 1.76. The lowest BCUT2D eigenvalue weighted by Gasteiger charge is -2.27. The van der Waals surface area contributed by atoms with Gasteiger partial charge >= 0.3 is 7.60 Å². The molecule has 1 unspecified atom stereocenters. The zero-order valence-corrected chi connectivity index (χ0v) is 22.5. The minimum atomic E-state index is -3.81. The van der Waals surface area contributed by atoms with E-state index >= 15 is 0 Å². The number of halogens is 1. The zero-order chi connectivity index (χ0) is 26.2. The largest absolute Gasteiger partial charge is 0.359 e. The number of hydrogen-bond donors (Lipinski definition) is 0. The van der Waals surface area contributed by atoms with Gasteiger partial charge in [-0.3, -0.25) is 4.57 Å². The molecule has 0 aliphatic rings. The highest BCUT2D eigenvalue weighted by atomic mass is 32.2. The number of aromatic nitrogens is 6. The molecule has 0 fully saturated rings. The Hall–Kier alpha value is -3.11. The number of hydrogen-bond acceptors (Lipinski definition) is 8. The van der Waals surface area contributed by atoms with E-state index in [2.05, 4.69) is 10.1 Å². The van der Waals surface area contributed by atoms with Gasteiger partial charge in [-0.1, -0.05) is 42.0 Å². The van der Waals surface area contributed by atoms with Crippen molar-refractivity contribution in [2.45, 2.75) is 31.6 Å². The fourth-order valence-electron chi connectivity index (χ4n) is 4.18. The molecular formula is C25H26FN6O3PS. The van der Waals surface area contributed by atoms with Crippen LogP contribution >= 0.6 is 19.4 Å². The van der Waals surface area contributed by atoms with Crippen molar-refractivity contribution < 1.29 is 18.0 Å². The Morgan fingerprint density at radius 2 is 1.68 bits per heavy atom. The molecule has 3 aromatic heterocycles. The van der Waals surface area contributed by atoms with E-state index in [1.165, 1.54) is 23.9 Å². The molecule has 1 atom stereocenters. The van der Waals surface area contributed by atoms with Crippen LogP contribution in [0.3, 0.4) is 0 Å². The van der Waals surface area contributed by atoms with Crippen molar-refractivity contribution in [3.63, 3.8) is 0 Å². The summed E-state index contributed by atoms with van der Waals surface area (Å²) >= 11 is 1.41. The third-order valence-corrected chi connectivity index (χ3v) is 8.84. The van der Waals surface area contributed by atoms with Gasteiger partial charge < -0.3 is 9.05 Å². The van der Waals surface area contributed by atoms with E-state index in [0.717, 1.165) is 11.1 Å². The third kappa shape index (κ3) is 4.68. The van der Waals surface area contributed by atoms with Gasteiger partial charge in [0.1, 0.15) is 17.2 Å². The number of benzene rings is 2. The summed E-state index contributed by atoms with van der Waals surface area (Å²) in [6.07, 6.45) is 3.45. The zero-order valence-electron chi connectivity index (χ0n) is 20.8. The second-order valence-electron chi connectivity index (χ2n) is 8.27. The Labute approximate surface area is 217 Å². The van der Waals surface area contributed by atoms with Gasteiger partial charge in [-0.2, -0.15) is 5.10 Å². The number of fused-ring (bicyclic) bond motifs is 3. The first kappa shape index (κ1) is 25.5. The number of rotatable bonds is 9. The normalized spacial score (nSPS) is 13.0. The molecule has 5 aromatic rings. The van der Waals surface area contributed by atoms with Crippen LogP contribution in [0, 0.1) is 12.7 Å². The molecule has 0 saturated carbocycles. The highest BCUT2D eigenvalue weighted by Gasteiger charge is 2.41. The van der Waals surface area contributed by atoms with Crippen LogP contribution in [0.25, 0.3) is 28.1 Å². The summed E-state index contributed by atoms with van der Waals surface area (Å²) < 4.78 is 42.6. The van der Waals surface area contributed by atoms with E-state index in [1.807, 2.05) is 37.4 Å². The van der Waals surface area contributed by atoms with Gasteiger partial charge in [-0.05, 0) is 44.7 Å². The van der Waals surface area contributed by atoms with Crippen molar-refractivity contribution >= 4 is 36.0 Å². The molecule has 0 amide bonds. The Bertz CT molecular complexity index is 1590. The van der Waals surface area contributed by atoms with Crippen LogP contribution in [-0.2, 0) is 13.6 Å². The lowest BCUT2D eigenvalue weighted by atomic mass is 10.1. The summed E-state index contributed by atoms with van der Waals surface area (Å²) in [6, 6.07) is 13.7. The summed E-state index contributed by atoms with van der Waals surface area (Å²) in [4.78, 5) is 9.44. The molecular weight excluding hydrogens is 514 g/mol. The minimum absolute atomic E-state index is 0.158. The Morgan fingerprint density at radius 1 is 1.00 bits per heavy atom. The SMILES string of the molecule is CCOP(=O)(OCC)C(c1ccc(F)cc1)n1nc(SC)c2c1ncn1nc(-c3ccc(C)cc3)nc21. The van der Waals surface area contributed by atoms with Crippen molar-refractivity contribution in [2.75, 3.05) is 19.5 Å². The van der Waals surface area contributed by atoms with Crippen molar-refractivity contribution in [3.05, 3.63) is 71.8 Å². The first-order valence-electron chi connectivity index (χ1n) is 11.8. The van der Waals surface area contributed by atoms with Crippen molar-refractivity contribution in [1.29, 1.82) is 0 Å². The lowest BCUT2D eigenvalue weighted by molar-refractivity contribution is 0.207. The first-order valence-corrected chi connectivity index (χ1v) is 14.6. The molecule has 0 aliphatic heterocycles. The van der Waals surface area contributed by atoms with Crippen LogP contribution < -0.4 is 0 Å². The number of aryl methyl sites for hydroxylation is 1. The van der Waals surface area contributed by atoms with Crippen LogP contribution in [0.5, 0.6) is 0 Å². The van der Waals surface area contributed by atoms with Crippen LogP contribution in [0.1, 0.15) is 30.8 Å². The summed E-state index contributed by atoms with van der Waals surface area (Å²) in [6.45, 7) is 5.82. The molecule has 3 heterocycles. The average Bonchev–Trinajstić information content (AvgIpc) is 3.48. The predicted molar refractivity (Wildman–Crippen MR) is 141 cm³/mol. The van der Waals surface area contributed by atoms with Gasteiger partial charge in [0.2, 0.25) is 0 Å². The van der Waals surface area contributed by atoms with Gasteiger partial charge in [0, 0.05) is 5.56 Å². The predicted octanol–water partition coefficient (Wildman–Crippen LogP) is 6.12. The highest BCUT2D eigenvalue weighted by Crippen LogP contribution is 2.62.